The van der Waals surface area contributed by atoms with Crippen LogP contribution in [-0.2, 0) is 26.0 Å². The minimum atomic E-state index is -4.59. The predicted octanol–water partition coefficient (Wildman–Crippen LogP) is 8.28. The molecule has 3 aliphatic heterocycles. The number of nitrogens with zero attached hydrogens (tertiary/aromatic N) is 3. The summed E-state index contributed by atoms with van der Waals surface area (Å²) < 4.78 is 41.3. The van der Waals surface area contributed by atoms with Crippen LogP contribution in [0.3, 0.4) is 0 Å². The third-order valence-electron chi connectivity index (χ3n) is 12.3. The van der Waals surface area contributed by atoms with E-state index in [0.717, 1.165) is 68.5 Å². The number of anilines is 3. The molecule has 14 nitrogen and oxygen atoms in total. The van der Waals surface area contributed by atoms with Crippen LogP contribution >= 0.6 is 11.6 Å². The fourth-order valence-electron chi connectivity index (χ4n) is 8.73. The van der Waals surface area contributed by atoms with Crippen molar-refractivity contribution in [3.05, 3.63) is 116 Å². The SMILES string of the molecule is CC1(C)CCC(CN2CCN(c3ccc(C(=O)NS(=O)(=O)c4ccc(NCC5CCOCC5)c([N+](=O)[O-])c4)c(Oc4cccc5c4CC(=O)N5)c3)CC2)=C(c2ccc(Cl)cc2)C1. The molecule has 4 aromatic rings. The van der Waals surface area contributed by atoms with E-state index in [1.54, 1.807) is 30.3 Å². The Labute approximate surface area is 366 Å². The van der Waals surface area contributed by atoms with Crippen LogP contribution in [0.2, 0.25) is 5.02 Å². The fraction of sp³-hybridized carbons (Fsp3) is 0.391. The average Bonchev–Trinajstić information content (AvgIpc) is 3.65. The first kappa shape index (κ1) is 43.2. The number of carbonyl (C=O) groups excluding carboxylic acids is 2. The van der Waals surface area contributed by atoms with Crippen molar-refractivity contribution in [2.75, 3.05) is 68.0 Å². The highest BCUT2D eigenvalue weighted by Gasteiger charge is 2.31. The summed E-state index contributed by atoms with van der Waals surface area (Å²) in [6.07, 6.45) is 4.87. The van der Waals surface area contributed by atoms with Gasteiger partial charge in [-0.1, -0.05) is 49.2 Å². The monoisotopic (exact) mass is 882 g/mol. The molecule has 0 radical (unpaired) electrons. The van der Waals surface area contributed by atoms with E-state index in [4.69, 9.17) is 21.1 Å². The Morgan fingerprint density at radius 3 is 2.50 bits per heavy atom. The lowest BCUT2D eigenvalue weighted by molar-refractivity contribution is -0.384. The van der Waals surface area contributed by atoms with Crippen molar-refractivity contribution < 1.29 is 32.4 Å². The first-order chi connectivity index (χ1) is 29.7. The molecule has 16 heteroatoms. The lowest BCUT2D eigenvalue weighted by Crippen LogP contribution is -2.47. The molecular formula is C46H51ClN6O8S. The molecule has 0 bridgehead atoms. The number of piperazine rings is 1. The number of ether oxygens (including phenoxy) is 2. The van der Waals surface area contributed by atoms with Gasteiger partial charge in [-0.15, -0.1) is 0 Å². The molecule has 0 aromatic heterocycles. The van der Waals surface area contributed by atoms with Gasteiger partial charge >= 0.3 is 0 Å². The maximum absolute atomic E-state index is 14.0. The van der Waals surface area contributed by atoms with E-state index in [1.165, 1.54) is 34.9 Å². The van der Waals surface area contributed by atoms with Crippen LogP contribution in [0, 0.1) is 21.4 Å². The largest absolute Gasteiger partial charge is 0.456 e. The molecule has 0 atom stereocenters. The molecule has 2 amide bonds. The number of fused-ring (bicyclic) bond motifs is 1. The fourth-order valence-corrected chi connectivity index (χ4v) is 9.84. The van der Waals surface area contributed by atoms with Gasteiger partial charge in [0.15, 0.2) is 0 Å². The van der Waals surface area contributed by atoms with Crippen molar-refractivity contribution in [3.8, 4) is 11.5 Å². The first-order valence-corrected chi connectivity index (χ1v) is 22.9. The Kier molecular flexibility index (Phi) is 12.6. The van der Waals surface area contributed by atoms with Gasteiger partial charge < -0.3 is 25.0 Å². The van der Waals surface area contributed by atoms with Gasteiger partial charge in [-0.05, 0) is 103 Å². The number of nitro benzene ring substituents is 1. The molecule has 8 rings (SSSR count). The molecule has 4 aliphatic rings. The van der Waals surface area contributed by atoms with Gasteiger partial charge in [0.1, 0.15) is 17.2 Å². The number of nitrogens with one attached hydrogen (secondary N) is 3. The molecule has 0 unspecified atom stereocenters. The highest BCUT2D eigenvalue weighted by atomic mass is 35.5. The van der Waals surface area contributed by atoms with E-state index >= 15 is 0 Å². The molecule has 1 aliphatic carbocycles. The zero-order valence-electron chi connectivity index (χ0n) is 34.9. The number of carbonyl (C=O) groups is 2. The second-order valence-electron chi connectivity index (χ2n) is 17.3. The lowest BCUT2D eigenvalue weighted by atomic mass is 9.72. The zero-order chi connectivity index (χ0) is 43.6. The van der Waals surface area contributed by atoms with Gasteiger partial charge in [0.2, 0.25) is 5.91 Å². The molecule has 4 aromatic carbocycles. The molecule has 2 fully saturated rings. The number of rotatable bonds is 13. The smallest absolute Gasteiger partial charge is 0.293 e. The number of hydrogen-bond acceptors (Lipinski definition) is 11. The van der Waals surface area contributed by atoms with Crippen LogP contribution in [0.4, 0.5) is 22.7 Å². The number of sulfonamides is 1. The Hall–Kier alpha value is -5.48. The summed E-state index contributed by atoms with van der Waals surface area (Å²) >= 11 is 6.24. The number of amides is 2. The number of hydrogen-bond donors (Lipinski definition) is 3. The van der Waals surface area contributed by atoms with Crippen LogP contribution in [0.25, 0.3) is 5.57 Å². The van der Waals surface area contributed by atoms with Gasteiger partial charge in [-0.2, -0.15) is 0 Å². The lowest BCUT2D eigenvalue weighted by Gasteiger charge is -2.39. The standard InChI is InChI=1S/C46H51ClN6O8S/c1-46(2)17-14-32(38(27-46)31-6-8-33(47)9-7-31)29-51-18-20-52(21-19-51)34-10-12-36(43(24-34)61-42-5-3-4-39-37(42)26-44(54)49-39)45(55)50-62(58,59)35-11-13-40(41(25-35)53(56)57)48-28-30-15-22-60-23-16-30/h3-13,24-25,30,48H,14-23,26-29H2,1-2H3,(H,49,54)(H,50,55). The summed E-state index contributed by atoms with van der Waals surface area (Å²) in [6, 6.07) is 21.8. The first-order valence-electron chi connectivity index (χ1n) is 21.1. The van der Waals surface area contributed by atoms with Crippen molar-refractivity contribution >= 4 is 61.8 Å². The summed E-state index contributed by atoms with van der Waals surface area (Å²) in [5.74, 6) is -0.480. The molecule has 2 saturated heterocycles. The van der Waals surface area contributed by atoms with Gasteiger partial charge in [0, 0.05) is 86.6 Å². The summed E-state index contributed by atoms with van der Waals surface area (Å²) in [7, 11) is -4.59. The number of benzene rings is 4. The Bertz CT molecular complexity index is 2510. The molecule has 0 saturated carbocycles. The van der Waals surface area contributed by atoms with Crippen LogP contribution < -0.4 is 25.0 Å². The van der Waals surface area contributed by atoms with E-state index in [9.17, 15) is 28.1 Å². The minimum absolute atomic E-state index is 0.0722. The van der Waals surface area contributed by atoms with Crippen molar-refractivity contribution in [1.29, 1.82) is 0 Å². The van der Waals surface area contributed by atoms with Crippen molar-refractivity contribution in [2.45, 2.75) is 57.3 Å². The van der Waals surface area contributed by atoms with Gasteiger partial charge in [0.05, 0.1) is 21.8 Å². The van der Waals surface area contributed by atoms with Gasteiger partial charge in [0.25, 0.3) is 21.6 Å². The topological polar surface area (TPSA) is 172 Å². The Balaban J connectivity index is 1.01. The van der Waals surface area contributed by atoms with E-state index in [-0.39, 0.29) is 40.7 Å². The summed E-state index contributed by atoms with van der Waals surface area (Å²) in [4.78, 5) is 42.0. The van der Waals surface area contributed by atoms with Gasteiger partial charge in [-0.3, -0.25) is 24.6 Å². The van der Waals surface area contributed by atoms with Crippen LogP contribution in [-0.4, -0.2) is 82.5 Å². The molecular weight excluding hydrogens is 832 g/mol. The van der Waals surface area contributed by atoms with Crippen molar-refractivity contribution in [2.24, 2.45) is 11.3 Å². The highest BCUT2D eigenvalue weighted by Crippen LogP contribution is 2.44. The normalized spacial score (nSPS) is 18.2. The van der Waals surface area contributed by atoms with Crippen molar-refractivity contribution in [3.63, 3.8) is 0 Å². The molecule has 326 valence electrons. The van der Waals surface area contributed by atoms with Crippen LogP contribution in [0.5, 0.6) is 11.5 Å². The minimum Gasteiger partial charge on any atom is -0.456 e. The summed E-state index contributed by atoms with van der Waals surface area (Å²) in [5, 5.41) is 18.7. The maximum atomic E-state index is 14.0. The quantitative estimate of drug-likeness (QED) is 0.0872. The second kappa shape index (κ2) is 18.1. The van der Waals surface area contributed by atoms with E-state index < -0.39 is 31.4 Å². The molecule has 3 N–H and O–H groups in total. The third kappa shape index (κ3) is 9.91. The van der Waals surface area contributed by atoms with Crippen molar-refractivity contribution in [1.82, 2.24) is 9.62 Å². The number of nitro groups is 1. The maximum Gasteiger partial charge on any atom is 0.293 e. The van der Waals surface area contributed by atoms with Gasteiger partial charge in [-0.25, -0.2) is 13.1 Å². The highest BCUT2D eigenvalue weighted by molar-refractivity contribution is 7.90. The Morgan fingerprint density at radius 1 is 1.00 bits per heavy atom. The molecule has 62 heavy (non-hydrogen) atoms. The van der Waals surface area contributed by atoms with E-state index in [0.29, 0.717) is 49.8 Å². The third-order valence-corrected chi connectivity index (χ3v) is 13.9. The summed E-state index contributed by atoms with van der Waals surface area (Å²) in [5.41, 5.74) is 5.96. The number of allylic oxidation sites excluding steroid dienone is 1. The molecule has 3 heterocycles. The number of halogens is 1. The molecule has 0 spiro atoms. The van der Waals surface area contributed by atoms with E-state index in [1.807, 2.05) is 12.1 Å². The predicted molar refractivity (Wildman–Crippen MR) is 240 cm³/mol. The van der Waals surface area contributed by atoms with E-state index in [2.05, 4.69) is 51.1 Å². The zero-order valence-corrected chi connectivity index (χ0v) is 36.4. The van der Waals surface area contributed by atoms with Crippen LogP contribution in [0.1, 0.15) is 67.4 Å². The second-order valence-corrected chi connectivity index (χ2v) is 19.4. The average molecular weight is 883 g/mol. The van der Waals surface area contributed by atoms with Crippen LogP contribution in [0.15, 0.2) is 89.3 Å². The summed E-state index contributed by atoms with van der Waals surface area (Å²) in [6.45, 7) is 10.2. The Morgan fingerprint density at radius 2 is 1.76 bits per heavy atom.